The molecule has 7 nitrogen and oxygen atoms in total. The Bertz CT molecular complexity index is 1400. The normalized spacial score (nSPS) is 15.5. The second-order valence-corrected chi connectivity index (χ2v) is 9.98. The van der Waals surface area contributed by atoms with Crippen LogP contribution in [-0.2, 0) is 25.2 Å². The molecule has 0 unspecified atom stereocenters. The summed E-state index contributed by atoms with van der Waals surface area (Å²) < 4.78 is 30.1. The molecule has 0 bridgehead atoms. The predicted octanol–water partition coefficient (Wildman–Crippen LogP) is 5.36. The van der Waals surface area contributed by atoms with Gasteiger partial charge >= 0.3 is 0 Å². The van der Waals surface area contributed by atoms with Crippen LogP contribution in [0.5, 0.6) is 0 Å². The van der Waals surface area contributed by atoms with E-state index >= 15 is 0 Å². The number of anilines is 2. The highest BCUT2D eigenvalue weighted by Crippen LogP contribution is 2.37. The standard InChI is InChI=1S/C28H29ClF2N6O/c1-3-35(14-20-4-6-22(29)7-5-20)24-9-11-27-21(12-24)15-37(34-27)19(2)28(38,16-36-18-32-17-33-36)25-10-8-23(30)13-26(25)31/h4-13,17-19,34,38H,3,14-16H2,1-2H3/t19-,28-/m1/s1. The fourth-order valence-electron chi connectivity index (χ4n) is 4.93. The van der Waals surface area contributed by atoms with Crippen LogP contribution in [0.3, 0.4) is 0 Å². The Hall–Kier alpha value is -3.53. The van der Waals surface area contributed by atoms with Crippen LogP contribution in [0.15, 0.2) is 73.3 Å². The van der Waals surface area contributed by atoms with Crippen LogP contribution in [0.1, 0.15) is 30.5 Å². The smallest absolute Gasteiger partial charge is 0.137 e. The number of hydrazine groups is 1. The van der Waals surface area contributed by atoms with Crippen LogP contribution >= 0.6 is 11.6 Å². The number of aliphatic hydroxyl groups is 1. The molecule has 2 atom stereocenters. The molecule has 0 radical (unpaired) electrons. The summed E-state index contributed by atoms with van der Waals surface area (Å²) in [5.41, 5.74) is 5.78. The second kappa shape index (κ2) is 10.7. The van der Waals surface area contributed by atoms with Gasteiger partial charge < -0.3 is 15.4 Å². The van der Waals surface area contributed by atoms with E-state index in [0.717, 1.165) is 47.7 Å². The third kappa shape index (κ3) is 5.22. The Balaban J connectivity index is 1.40. The van der Waals surface area contributed by atoms with Gasteiger partial charge in [0.1, 0.15) is 29.9 Å². The molecule has 1 aliphatic heterocycles. The molecule has 2 heterocycles. The maximum absolute atomic E-state index is 15.0. The molecule has 5 rings (SSSR count). The molecule has 1 aromatic heterocycles. The summed E-state index contributed by atoms with van der Waals surface area (Å²) in [6.45, 7) is 5.88. The van der Waals surface area contributed by atoms with Crippen LogP contribution in [0, 0.1) is 11.6 Å². The van der Waals surface area contributed by atoms with Crippen LogP contribution < -0.4 is 10.3 Å². The Kier molecular flexibility index (Phi) is 7.34. The number of hydrogen-bond donors (Lipinski definition) is 2. The number of hydrogen-bond acceptors (Lipinski definition) is 6. The minimum absolute atomic E-state index is 0.0135. The number of nitrogens with zero attached hydrogens (tertiary/aromatic N) is 5. The monoisotopic (exact) mass is 538 g/mol. The number of rotatable bonds is 9. The number of halogens is 3. The van der Waals surface area contributed by atoms with Gasteiger partial charge in [0.05, 0.1) is 18.3 Å². The first-order valence-corrected chi connectivity index (χ1v) is 12.8. The maximum atomic E-state index is 15.0. The number of nitrogens with one attached hydrogen (secondary N) is 1. The number of aromatic nitrogens is 3. The van der Waals surface area contributed by atoms with Crippen molar-refractivity contribution in [3.05, 3.63) is 107 Å². The Labute approximate surface area is 225 Å². The largest absolute Gasteiger partial charge is 0.381 e. The van der Waals surface area contributed by atoms with E-state index in [0.29, 0.717) is 11.6 Å². The zero-order valence-electron chi connectivity index (χ0n) is 21.2. The lowest BCUT2D eigenvalue weighted by atomic mass is 9.86. The summed E-state index contributed by atoms with van der Waals surface area (Å²) in [5.74, 6) is -1.53. The van der Waals surface area contributed by atoms with E-state index in [1.54, 1.807) is 6.92 Å². The molecule has 0 saturated heterocycles. The molecular weight excluding hydrogens is 510 g/mol. The molecule has 3 aromatic carbocycles. The topological polar surface area (TPSA) is 69.5 Å². The highest BCUT2D eigenvalue weighted by atomic mass is 35.5. The maximum Gasteiger partial charge on any atom is 0.137 e. The first kappa shape index (κ1) is 26.1. The van der Waals surface area contributed by atoms with E-state index in [4.69, 9.17) is 11.6 Å². The second-order valence-electron chi connectivity index (χ2n) is 9.54. The van der Waals surface area contributed by atoms with Gasteiger partial charge in [-0.2, -0.15) is 5.10 Å². The SMILES string of the molecule is CCN(Cc1ccc(Cl)cc1)c1ccc2c(c1)CN([C@H](C)[C@](O)(Cn1cncn1)c1ccc(F)cc1F)N2. The number of benzene rings is 3. The van der Waals surface area contributed by atoms with Crippen molar-refractivity contribution >= 4 is 23.0 Å². The molecule has 0 amide bonds. The van der Waals surface area contributed by atoms with E-state index in [1.807, 2.05) is 35.3 Å². The van der Waals surface area contributed by atoms with Gasteiger partial charge in [0, 0.05) is 42.0 Å². The molecule has 0 spiro atoms. The zero-order chi connectivity index (χ0) is 26.9. The molecule has 198 valence electrons. The van der Waals surface area contributed by atoms with E-state index in [-0.39, 0.29) is 12.1 Å². The Morgan fingerprint density at radius 3 is 2.61 bits per heavy atom. The molecule has 0 fully saturated rings. The van der Waals surface area contributed by atoms with Gasteiger partial charge in [0.15, 0.2) is 0 Å². The number of fused-ring (bicyclic) bond motifs is 1. The molecule has 0 aliphatic carbocycles. The van der Waals surface area contributed by atoms with Crippen LogP contribution in [0.2, 0.25) is 5.02 Å². The summed E-state index contributed by atoms with van der Waals surface area (Å²) in [5, 5.41) is 18.6. The van der Waals surface area contributed by atoms with E-state index in [1.165, 1.54) is 23.4 Å². The van der Waals surface area contributed by atoms with E-state index in [2.05, 4.69) is 39.5 Å². The van der Waals surface area contributed by atoms with Gasteiger partial charge in [-0.25, -0.2) is 23.5 Å². The minimum Gasteiger partial charge on any atom is -0.381 e. The lowest BCUT2D eigenvalue weighted by molar-refractivity contribution is -0.0573. The van der Waals surface area contributed by atoms with Crippen molar-refractivity contribution in [3.63, 3.8) is 0 Å². The molecule has 0 saturated carbocycles. The summed E-state index contributed by atoms with van der Waals surface area (Å²) >= 11 is 6.04. The van der Waals surface area contributed by atoms with Crippen molar-refractivity contribution in [2.45, 2.75) is 45.1 Å². The highest BCUT2D eigenvalue weighted by molar-refractivity contribution is 6.30. The Morgan fingerprint density at radius 2 is 1.92 bits per heavy atom. The van der Waals surface area contributed by atoms with Crippen LogP contribution in [-0.4, -0.2) is 37.5 Å². The van der Waals surface area contributed by atoms with Crippen LogP contribution in [0.4, 0.5) is 20.2 Å². The summed E-state index contributed by atoms with van der Waals surface area (Å²) in [6.07, 6.45) is 2.80. The predicted molar refractivity (Wildman–Crippen MR) is 144 cm³/mol. The van der Waals surface area contributed by atoms with Crippen molar-refractivity contribution in [2.75, 3.05) is 16.9 Å². The van der Waals surface area contributed by atoms with Crippen molar-refractivity contribution in [1.82, 2.24) is 19.8 Å². The Morgan fingerprint density at radius 1 is 1.13 bits per heavy atom. The molecule has 4 aromatic rings. The minimum atomic E-state index is -1.74. The first-order valence-electron chi connectivity index (χ1n) is 12.4. The third-order valence-corrected chi connectivity index (χ3v) is 7.40. The van der Waals surface area contributed by atoms with Gasteiger partial charge in [0.25, 0.3) is 0 Å². The van der Waals surface area contributed by atoms with Gasteiger partial charge in [-0.05, 0) is 61.4 Å². The van der Waals surface area contributed by atoms with Crippen molar-refractivity contribution < 1.29 is 13.9 Å². The molecular formula is C28H29ClF2N6O. The van der Waals surface area contributed by atoms with Crippen molar-refractivity contribution in [1.29, 1.82) is 0 Å². The van der Waals surface area contributed by atoms with Crippen molar-refractivity contribution in [3.8, 4) is 0 Å². The molecule has 38 heavy (non-hydrogen) atoms. The highest BCUT2D eigenvalue weighted by Gasteiger charge is 2.43. The lowest BCUT2D eigenvalue weighted by Crippen LogP contribution is -2.52. The van der Waals surface area contributed by atoms with Gasteiger partial charge in [-0.1, -0.05) is 29.8 Å². The summed E-state index contributed by atoms with van der Waals surface area (Å²) in [4.78, 5) is 6.21. The zero-order valence-corrected chi connectivity index (χ0v) is 21.9. The third-order valence-electron chi connectivity index (χ3n) is 7.15. The van der Waals surface area contributed by atoms with Gasteiger partial charge in [-0.15, -0.1) is 0 Å². The molecule has 1 aliphatic rings. The average Bonchev–Trinajstić information content (AvgIpc) is 3.57. The van der Waals surface area contributed by atoms with E-state index in [9.17, 15) is 13.9 Å². The van der Waals surface area contributed by atoms with Crippen LogP contribution in [0.25, 0.3) is 0 Å². The van der Waals surface area contributed by atoms with E-state index < -0.39 is 23.3 Å². The fourth-order valence-corrected chi connectivity index (χ4v) is 5.05. The quantitative estimate of drug-likeness (QED) is 0.299. The first-order chi connectivity index (χ1) is 18.3. The van der Waals surface area contributed by atoms with Gasteiger partial charge in [0.2, 0.25) is 0 Å². The fraction of sp³-hybridized carbons (Fsp3) is 0.286. The summed E-state index contributed by atoms with van der Waals surface area (Å²) in [7, 11) is 0. The van der Waals surface area contributed by atoms with Crippen molar-refractivity contribution in [2.24, 2.45) is 0 Å². The lowest BCUT2D eigenvalue weighted by Gasteiger charge is -2.39. The molecule has 10 heteroatoms. The summed E-state index contributed by atoms with van der Waals surface area (Å²) in [6, 6.07) is 16.6. The van der Waals surface area contributed by atoms with Gasteiger partial charge in [-0.3, -0.25) is 0 Å². The molecule has 2 N–H and O–H groups in total. The average molecular weight is 539 g/mol.